The Hall–Kier alpha value is -3.39. The summed E-state index contributed by atoms with van der Waals surface area (Å²) in [5, 5.41) is 6.53. The van der Waals surface area contributed by atoms with Crippen molar-refractivity contribution in [1.82, 2.24) is 5.43 Å². The highest BCUT2D eigenvalue weighted by atomic mass is 35.5. The molecule has 0 aliphatic rings. The number of amides is 3. The lowest BCUT2D eigenvalue weighted by Crippen LogP contribution is -2.32. The largest absolute Gasteiger partial charge is 0.484 e. The van der Waals surface area contributed by atoms with Crippen LogP contribution in [-0.2, 0) is 14.4 Å². The van der Waals surface area contributed by atoms with Crippen molar-refractivity contribution in [1.29, 1.82) is 0 Å². The highest BCUT2D eigenvalue weighted by molar-refractivity contribution is 6.39. The minimum absolute atomic E-state index is 0.217. The Kier molecular flexibility index (Phi) is 6.69. The summed E-state index contributed by atoms with van der Waals surface area (Å²) in [4.78, 5) is 34.1. The molecule has 0 aliphatic heterocycles. The molecule has 3 amide bonds. The van der Waals surface area contributed by atoms with Crippen LogP contribution in [0, 0.1) is 0 Å². The van der Waals surface area contributed by atoms with Crippen LogP contribution in [0.2, 0.25) is 5.02 Å². The molecule has 2 aromatic rings. The van der Waals surface area contributed by atoms with Gasteiger partial charge < -0.3 is 15.8 Å². The van der Waals surface area contributed by atoms with Crippen molar-refractivity contribution >= 4 is 41.2 Å². The molecule has 2 rings (SSSR count). The van der Waals surface area contributed by atoms with Gasteiger partial charge in [-0.2, -0.15) is 5.10 Å². The van der Waals surface area contributed by atoms with E-state index in [1.807, 2.05) is 0 Å². The summed E-state index contributed by atoms with van der Waals surface area (Å²) in [5.74, 6) is -1.91. The molecule has 0 saturated heterocycles. The highest BCUT2D eigenvalue weighted by Crippen LogP contribution is 2.14. The van der Waals surface area contributed by atoms with Gasteiger partial charge in [0.15, 0.2) is 6.61 Å². The fourth-order valence-corrected chi connectivity index (χ4v) is 1.97. The number of ether oxygens (including phenoxy) is 1. The molecule has 0 radical (unpaired) electrons. The number of hydrazone groups is 1. The Morgan fingerprint density at radius 1 is 1.12 bits per heavy atom. The molecule has 134 valence electrons. The smallest absolute Gasteiger partial charge is 0.329 e. The summed E-state index contributed by atoms with van der Waals surface area (Å²) in [6.45, 7) is -0.217. The van der Waals surface area contributed by atoms with Crippen molar-refractivity contribution in [2.75, 3.05) is 11.9 Å². The second kappa shape index (κ2) is 9.19. The summed E-state index contributed by atoms with van der Waals surface area (Å²) >= 11 is 5.80. The zero-order valence-electron chi connectivity index (χ0n) is 13.4. The van der Waals surface area contributed by atoms with Gasteiger partial charge in [0, 0.05) is 10.7 Å². The second-order valence-electron chi connectivity index (χ2n) is 4.99. The van der Waals surface area contributed by atoms with Crippen molar-refractivity contribution in [2.24, 2.45) is 10.8 Å². The van der Waals surface area contributed by atoms with E-state index in [-0.39, 0.29) is 6.61 Å². The van der Waals surface area contributed by atoms with Gasteiger partial charge >= 0.3 is 11.8 Å². The Morgan fingerprint density at radius 2 is 1.85 bits per heavy atom. The summed E-state index contributed by atoms with van der Waals surface area (Å²) in [6, 6.07) is 12.9. The van der Waals surface area contributed by atoms with Crippen molar-refractivity contribution in [3.05, 3.63) is 59.1 Å². The predicted molar refractivity (Wildman–Crippen MR) is 96.9 cm³/mol. The van der Waals surface area contributed by atoms with Crippen LogP contribution in [0.3, 0.4) is 0 Å². The molecule has 4 N–H and O–H groups in total. The van der Waals surface area contributed by atoms with Gasteiger partial charge in [0.2, 0.25) is 0 Å². The number of anilines is 1. The first kappa shape index (κ1) is 18.9. The molecule has 0 bridgehead atoms. The Morgan fingerprint density at radius 3 is 2.50 bits per heavy atom. The van der Waals surface area contributed by atoms with Gasteiger partial charge in [0.1, 0.15) is 5.75 Å². The molecular formula is C17H15ClN4O4. The Balaban J connectivity index is 1.84. The SMILES string of the molecule is NC(=O)COc1ccc(/C=N\NC(=O)C(=O)Nc2cccc(Cl)c2)cc1. The summed E-state index contributed by atoms with van der Waals surface area (Å²) in [6.07, 6.45) is 1.35. The second-order valence-corrected chi connectivity index (χ2v) is 5.42. The van der Waals surface area contributed by atoms with Gasteiger partial charge in [-0.1, -0.05) is 17.7 Å². The van der Waals surface area contributed by atoms with Crippen LogP contribution in [0.25, 0.3) is 0 Å². The minimum Gasteiger partial charge on any atom is -0.484 e. The third kappa shape index (κ3) is 6.25. The molecule has 0 aromatic heterocycles. The first-order valence-electron chi connectivity index (χ1n) is 7.35. The number of nitrogens with two attached hydrogens (primary N) is 1. The molecule has 0 aliphatic carbocycles. The molecule has 0 atom stereocenters. The average Bonchev–Trinajstić information content (AvgIpc) is 2.61. The fraction of sp³-hybridized carbons (Fsp3) is 0.0588. The van der Waals surface area contributed by atoms with E-state index in [0.717, 1.165) is 0 Å². The van der Waals surface area contributed by atoms with Crippen LogP contribution in [0.4, 0.5) is 5.69 Å². The third-order valence-corrected chi connectivity index (χ3v) is 3.16. The van der Waals surface area contributed by atoms with Crippen LogP contribution in [0.5, 0.6) is 5.75 Å². The Bertz CT molecular complexity index is 837. The Labute approximate surface area is 154 Å². The molecule has 0 saturated carbocycles. The molecule has 0 fully saturated rings. The summed E-state index contributed by atoms with van der Waals surface area (Å²) in [5.41, 5.74) is 8.14. The van der Waals surface area contributed by atoms with Crippen molar-refractivity contribution in [3.8, 4) is 5.75 Å². The molecule has 0 unspecified atom stereocenters. The standard InChI is InChI=1S/C17H15ClN4O4/c18-12-2-1-3-13(8-12)21-16(24)17(25)22-20-9-11-4-6-14(7-5-11)26-10-15(19)23/h1-9H,10H2,(H2,19,23)(H,21,24)(H,22,25)/b20-9-. The van der Waals surface area contributed by atoms with Crippen LogP contribution in [-0.4, -0.2) is 30.5 Å². The van der Waals surface area contributed by atoms with Crippen LogP contribution in [0.15, 0.2) is 53.6 Å². The van der Waals surface area contributed by atoms with Gasteiger partial charge in [-0.05, 0) is 48.0 Å². The number of hydrogen-bond donors (Lipinski definition) is 3. The number of benzene rings is 2. The number of nitrogens with one attached hydrogen (secondary N) is 2. The van der Waals surface area contributed by atoms with E-state index >= 15 is 0 Å². The van der Waals surface area contributed by atoms with Crippen molar-refractivity contribution in [2.45, 2.75) is 0 Å². The van der Waals surface area contributed by atoms with E-state index in [9.17, 15) is 14.4 Å². The van der Waals surface area contributed by atoms with Gasteiger partial charge in [-0.3, -0.25) is 14.4 Å². The number of hydrogen-bond acceptors (Lipinski definition) is 5. The number of halogens is 1. The lowest BCUT2D eigenvalue weighted by molar-refractivity contribution is -0.136. The lowest BCUT2D eigenvalue weighted by Gasteiger charge is -2.04. The van der Waals surface area contributed by atoms with Gasteiger partial charge in [0.25, 0.3) is 5.91 Å². The van der Waals surface area contributed by atoms with Crippen molar-refractivity contribution < 1.29 is 19.1 Å². The van der Waals surface area contributed by atoms with E-state index < -0.39 is 17.7 Å². The van der Waals surface area contributed by atoms with Gasteiger partial charge in [-0.15, -0.1) is 0 Å². The monoisotopic (exact) mass is 374 g/mol. The number of rotatable bonds is 6. The molecule has 8 nitrogen and oxygen atoms in total. The van der Waals surface area contributed by atoms with E-state index in [1.165, 1.54) is 12.3 Å². The van der Waals surface area contributed by atoms with Crippen molar-refractivity contribution in [3.63, 3.8) is 0 Å². The summed E-state index contributed by atoms with van der Waals surface area (Å²) < 4.78 is 5.11. The van der Waals surface area contributed by atoms with Gasteiger partial charge in [-0.25, -0.2) is 5.43 Å². The molecule has 2 aromatic carbocycles. The molecule has 9 heteroatoms. The van der Waals surface area contributed by atoms with Crippen LogP contribution < -0.4 is 21.2 Å². The maximum Gasteiger partial charge on any atom is 0.329 e. The quantitative estimate of drug-likeness (QED) is 0.400. The predicted octanol–water partition coefficient (Wildman–Crippen LogP) is 1.29. The minimum atomic E-state index is -0.928. The highest BCUT2D eigenvalue weighted by Gasteiger charge is 2.12. The number of nitrogens with zero attached hydrogens (tertiary/aromatic N) is 1. The van der Waals surface area contributed by atoms with E-state index in [4.69, 9.17) is 22.1 Å². The maximum absolute atomic E-state index is 11.7. The normalized spacial score (nSPS) is 10.3. The first-order chi connectivity index (χ1) is 12.4. The van der Waals surface area contributed by atoms with E-state index in [1.54, 1.807) is 42.5 Å². The molecular weight excluding hydrogens is 360 g/mol. The average molecular weight is 375 g/mol. The van der Waals surface area contributed by atoms with E-state index in [2.05, 4.69) is 15.8 Å². The van der Waals surface area contributed by atoms with Crippen LogP contribution in [0.1, 0.15) is 5.56 Å². The van der Waals surface area contributed by atoms with E-state index in [0.29, 0.717) is 22.0 Å². The third-order valence-electron chi connectivity index (χ3n) is 2.93. The maximum atomic E-state index is 11.7. The topological polar surface area (TPSA) is 123 Å². The fourth-order valence-electron chi connectivity index (χ4n) is 1.77. The molecule has 0 spiro atoms. The van der Waals surface area contributed by atoms with Gasteiger partial charge in [0.05, 0.1) is 6.21 Å². The summed E-state index contributed by atoms with van der Waals surface area (Å²) in [7, 11) is 0. The zero-order chi connectivity index (χ0) is 18.9. The number of primary amides is 1. The molecule has 0 heterocycles. The zero-order valence-corrected chi connectivity index (χ0v) is 14.2. The molecule has 26 heavy (non-hydrogen) atoms. The number of carbonyl (C=O) groups is 3. The lowest BCUT2D eigenvalue weighted by atomic mass is 10.2. The number of carbonyl (C=O) groups excluding carboxylic acids is 3. The van der Waals surface area contributed by atoms with Crippen LogP contribution >= 0.6 is 11.6 Å². The first-order valence-corrected chi connectivity index (χ1v) is 7.73.